The highest BCUT2D eigenvalue weighted by Crippen LogP contribution is 2.33. The van der Waals surface area contributed by atoms with Crippen LogP contribution in [0, 0.1) is 0 Å². The molecule has 0 bridgehead atoms. The average Bonchev–Trinajstić information content (AvgIpc) is 3.25. The van der Waals surface area contributed by atoms with Crippen molar-refractivity contribution in [1.82, 2.24) is 4.90 Å². The summed E-state index contributed by atoms with van der Waals surface area (Å²) in [5.41, 5.74) is 3.09. The summed E-state index contributed by atoms with van der Waals surface area (Å²) in [4.78, 5) is 27.2. The molecule has 4 rings (SSSR count). The van der Waals surface area contributed by atoms with Crippen molar-refractivity contribution < 1.29 is 9.59 Å². The van der Waals surface area contributed by atoms with E-state index in [0.29, 0.717) is 16.8 Å². The smallest absolute Gasteiger partial charge is 0.255 e. The molecule has 0 radical (unpaired) electrons. The Morgan fingerprint density at radius 1 is 0.786 bits per heavy atom. The van der Waals surface area contributed by atoms with E-state index in [-0.39, 0.29) is 17.9 Å². The van der Waals surface area contributed by atoms with Crippen LogP contribution in [0.2, 0.25) is 0 Å². The van der Waals surface area contributed by atoms with E-state index < -0.39 is 0 Å². The number of benzene rings is 3. The number of hydrogen-bond donors (Lipinski definition) is 1. The molecule has 0 spiro atoms. The third kappa shape index (κ3) is 3.81. The van der Waals surface area contributed by atoms with E-state index in [1.54, 1.807) is 36.4 Å². The van der Waals surface area contributed by atoms with Crippen molar-refractivity contribution in [2.24, 2.45) is 0 Å². The van der Waals surface area contributed by atoms with E-state index in [1.165, 1.54) is 5.56 Å². The van der Waals surface area contributed by atoms with Gasteiger partial charge in [0.1, 0.15) is 0 Å². The Kier molecular flexibility index (Phi) is 5.20. The van der Waals surface area contributed by atoms with Gasteiger partial charge in [0.25, 0.3) is 11.8 Å². The number of carbonyl (C=O) groups is 2. The molecule has 1 atom stereocenters. The fourth-order valence-electron chi connectivity index (χ4n) is 3.69. The summed E-state index contributed by atoms with van der Waals surface area (Å²) in [6, 6.07) is 26.5. The first kappa shape index (κ1) is 18.0. The van der Waals surface area contributed by atoms with Gasteiger partial charge in [0, 0.05) is 23.4 Å². The van der Waals surface area contributed by atoms with Crippen LogP contribution in [0.25, 0.3) is 0 Å². The van der Waals surface area contributed by atoms with Gasteiger partial charge in [-0.05, 0) is 54.8 Å². The van der Waals surface area contributed by atoms with Crippen molar-refractivity contribution >= 4 is 17.5 Å². The Bertz CT molecular complexity index is 953. The van der Waals surface area contributed by atoms with Crippen LogP contribution in [0.3, 0.4) is 0 Å². The van der Waals surface area contributed by atoms with Crippen LogP contribution >= 0.6 is 0 Å². The zero-order valence-corrected chi connectivity index (χ0v) is 15.5. The van der Waals surface area contributed by atoms with E-state index in [2.05, 4.69) is 17.4 Å². The van der Waals surface area contributed by atoms with Gasteiger partial charge in [-0.3, -0.25) is 9.59 Å². The highest BCUT2D eigenvalue weighted by molar-refractivity contribution is 6.04. The number of hydrogen-bond acceptors (Lipinski definition) is 2. The molecule has 1 N–H and O–H groups in total. The number of rotatable bonds is 4. The minimum atomic E-state index is -0.164. The molecule has 28 heavy (non-hydrogen) atoms. The zero-order chi connectivity index (χ0) is 19.3. The van der Waals surface area contributed by atoms with Gasteiger partial charge in [0.05, 0.1) is 6.04 Å². The first-order valence-electron chi connectivity index (χ1n) is 9.55. The standard InChI is InChI=1S/C24H22N2O2/c27-23(19-10-5-2-6-11-19)25-21-15-13-20(14-16-21)24(28)26-17-7-12-22(26)18-8-3-1-4-9-18/h1-6,8-11,13-16,22H,7,12,17H2,(H,25,27). The SMILES string of the molecule is O=C(Nc1ccc(C(=O)N2CCCC2c2ccccc2)cc1)c1ccccc1. The number of anilines is 1. The van der Waals surface area contributed by atoms with Gasteiger partial charge >= 0.3 is 0 Å². The fraction of sp³-hybridized carbons (Fsp3) is 0.167. The quantitative estimate of drug-likeness (QED) is 0.709. The van der Waals surface area contributed by atoms with Gasteiger partial charge < -0.3 is 10.2 Å². The molecule has 2 amide bonds. The summed E-state index contributed by atoms with van der Waals surface area (Å²) in [6.07, 6.45) is 2.00. The highest BCUT2D eigenvalue weighted by Gasteiger charge is 2.30. The van der Waals surface area contributed by atoms with Crippen LogP contribution < -0.4 is 5.32 Å². The third-order valence-electron chi connectivity index (χ3n) is 5.12. The summed E-state index contributed by atoms with van der Waals surface area (Å²) in [6.45, 7) is 0.769. The van der Waals surface area contributed by atoms with E-state index in [9.17, 15) is 9.59 Å². The topological polar surface area (TPSA) is 49.4 Å². The summed E-state index contributed by atoms with van der Waals surface area (Å²) in [7, 11) is 0. The van der Waals surface area contributed by atoms with Crippen molar-refractivity contribution in [3.8, 4) is 0 Å². The van der Waals surface area contributed by atoms with E-state index >= 15 is 0 Å². The summed E-state index contributed by atoms with van der Waals surface area (Å²) in [5.74, 6) is -0.129. The fourth-order valence-corrected chi connectivity index (χ4v) is 3.69. The van der Waals surface area contributed by atoms with Crippen LogP contribution in [0.15, 0.2) is 84.9 Å². The van der Waals surface area contributed by atoms with E-state index in [1.807, 2.05) is 41.3 Å². The van der Waals surface area contributed by atoms with Gasteiger partial charge in [-0.15, -0.1) is 0 Å². The van der Waals surface area contributed by atoms with Crippen LogP contribution in [-0.2, 0) is 0 Å². The third-order valence-corrected chi connectivity index (χ3v) is 5.12. The summed E-state index contributed by atoms with van der Waals surface area (Å²) in [5, 5.41) is 2.86. The Hall–Kier alpha value is -3.40. The van der Waals surface area contributed by atoms with Gasteiger partial charge in [0.2, 0.25) is 0 Å². The molecule has 0 aromatic heterocycles. The molecular weight excluding hydrogens is 348 g/mol. The van der Waals surface area contributed by atoms with Gasteiger partial charge in [-0.2, -0.15) is 0 Å². The van der Waals surface area contributed by atoms with Crippen molar-refractivity contribution in [3.05, 3.63) is 102 Å². The minimum Gasteiger partial charge on any atom is -0.332 e. The molecule has 1 aliphatic heterocycles. The van der Waals surface area contributed by atoms with Crippen LogP contribution in [0.5, 0.6) is 0 Å². The lowest BCUT2D eigenvalue weighted by atomic mass is 10.0. The van der Waals surface area contributed by atoms with Gasteiger partial charge in [0.15, 0.2) is 0 Å². The second-order valence-electron chi connectivity index (χ2n) is 6.96. The predicted molar refractivity (Wildman–Crippen MR) is 110 cm³/mol. The molecule has 4 heteroatoms. The molecule has 1 fully saturated rings. The van der Waals surface area contributed by atoms with Crippen LogP contribution in [0.1, 0.15) is 45.2 Å². The lowest BCUT2D eigenvalue weighted by Crippen LogP contribution is -2.30. The zero-order valence-electron chi connectivity index (χ0n) is 15.5. The lowest BCUT2D eigenvalue weighted by molar-refractivity contribution is 0.0735. The van der Waals surface area contributed by atoms with Crippen LogP contribution in [0.4, 0.5) is 5.69 Å². The first-order chi connectivity index (χ1) is 13.7. The molecule has 1 heterocycles. The number of likely N-dealkylation sites (tertiary alicyclic amines) is 1. The molecule has 1 aliphatic rings. The largest absolute Gasteiger partial charge is 0.332 e. The second-order valence-corrected chi connectivity index (χ2v) is 6.96. The Morgan fingerprint density at radius 2 is 1.43 bits per heavy atom. The molecule has 140 valence electrons. The molecule has 1 unspecified atom stereocenters. The normalized spacial score (nSPS) is 16.0. The monoisotopic (exact) mass is 370 g/mol. The Labute approximate surface area is 164 Å². The molecule has 1 saturated heterocycles. The Morgan fingerprint density at radius 3 is 2.11 bits per heavy atom. The maximum absolute atomic E-state index is 13.0. The maximum atomic E-state index is 13.0. The average molecular weight is 370 g/mol. The second kappa shape index (κ2) is 8.09. The molecule has 3 aromatic rings. The number of nitrogens with zero attached hydrogens (tertiary/aromatic N) is 1. The highest BCUT2D eigenvalue weighted by atomic mass is 16.2. The lowest BCUT2D eigenvalue weighted by Gasteiger charge is -2.25. The predicted octanol–water partition coefficient (Wildman–Crippen LogP) is 4.92. The minimum absolute atomic E-state index is 0.0345. The first-order valence-corrected chi connectivity index (χ1v) is 9.55. The molecule has 3 aromatic carbocycles. The van der Waals surface area contributed by atoms with Crippen LogP contribution in [-0.4, -0.2) is 23.3 Å². The summed E-state index contributed by atoms with van der Waals surface area (Å²) >= 11 is 0. The van der Waals surface area contributed by atoms with E-state index in [0.717, 1.165) is 19.4 Å². The number of nitrogens with one attached hydrogen (secondary N) is 1. The number of carbonyl (C=O) groups excluding carboxylic acids is 2. The molecule has 0 saturated carbocycles. The van der Waals surface area contributed by atoms with Crippen molar-refractivity contribution in [1.29, 1.82) is 0 Å². The molecular formula is C24H22N2O2. The van der Waals surface area contributed by atoms with Crippen molar-refractivity contribution in [2.45, 2.75) is 18.9 Å². The maximum Gasteiger partial charge on any atom is 0.255 e. The molecule has 0 aliphatic carbocycles. The van der Waals surface area contributed by atoms with Crippen molar-refractivity contribution in [2.75, 3.05) is 11.9 Å². The van der Waals surface area contributed by atoms with Gasteiger partial charge in [-0.1, -0.05) is 48.5 Å². The van der Waals surface area contributed by atoms with Crippen molar-refractivity contribution in [3.63, 3.8) is 0 Å². The Balaban J connectivity index is 1.46. The summed E-state index contributed by atoms with van der Waals surface area (Å²) < 4.78 is 0. The number of amides is 2. The van der Waals surface area contributed by atoms with E-state index in [4.69, 9.17) is 0 Å². The van der Waals surface area contributed by atoms with Gasteiger partial charge in [-0.25, -0.2) is 0 Å². The molecule has 4 nitrogen and oxygen atoms in total.